The molecule has 0 unspecified atom stereocenters. The molecular formula is C25H24N4O2. The lowest BCUT2D eigenvalue weighted by Crippen LogP contribution is -2.30. The van der Waals surface area contributed by atoms with Crippen LogP contribution >= 0.6 is 0 Å². The van der Waals surface area contributed by atoms with Gasteiger partial charge in [-0.1, -0.05) is 44.2 Å². The fourth-order valence-electron chi connectivity index (χ4n) is 3.52. The number of fused-ring (bicyclic) bond motifs is 1. The van der Waals surface area contributed by atoms with Crippen molar-refractivity contribution in [1.82, 2.24) is 14.8 Å². The van der Waals surface area contributed by atoms with E-state index in [1.54, 1.807) is 18.5 Å². The van der Waals surface area contributed by atoms with Crippen molar-refractivity contribution in [2.45, 2.75) is 32.7 Å². The largest absolute Gasteiger partial charge is 0.324 e. The molecule has 4 aromatic rings. The monoisotopic (exact) mass is 412 g/mol. The minimum atomic E-state index is -0.294. The molecule has 2 aromatic heterocycles. The second kappa shape index (κ2) is 8.92. The first kappa shape index (κ1) is 20.5. The van der Waals surface area contributed by atoms with E-state index in [1.807, 2.05) is 54.6 Å². The number of hydrogen-bond donors (Lipinski definition) is 1. The van der Waals surface area contributed by atoms with Crippen LogP contribution in [0.4, 0.5) is 5.69 Å². The summed E-state index contributed by atoms with van der Waals surface area (Å²) in [6.45, 7) is 4.09. The highest BCUT2D eigenvalue weighted by Crippen LogP contribution is 2.18. The molecule has 0 radical (unpaired) electrons. The highest BCUT2D eigenvalue weighted by Gasteiger charge is 2.13. The number of aromatic nitrogens is 3. The van der Waals surface area contributed by atoms with Crippen LogP contribution in [0.5, 0.6) is 0 Å². The highest BCUT2D eigenvalue weighted by atomic mass is 16.2. The lowest BCUT2D eigenvalue weighted by atomic mass is 10.0. The first-order valence-corrected chi connectivity index (χ1v) is 10.3. The van der Waals surface area contributed by atoms with Crippen molar-refractivity contribution in [1.29, 1.82) is 0 Å². The Balaban J connectivity index is 1.61. The number of carbonyl (C=O) groups excluding carboxylic acids is 1. The van der Waals surface area contributed by atoms with Crippen molar-refractivity contribution in [2.24, 2.45) is 0 Å². The van der Waals surface area contributed by atoms with Gasteiger partial charge in [-0.15, -0.1) is 0 Å². The molecule has 0 saturated heterocycles. The zero-order chi connectivity index (χ0) is 21.8. The van der Waals surface area contributed by atoms with E-state index in [9.17, 15) is 9.59 Å². The van der Waals surface area contributed by atoms with Crippen LogP contribution in [0.2, 0.25) is 0 Å². The maximum atomic E-state index is 13.0. The summed E-state index contributed by atoms with van der Waals surface area (Å²) in [4.78, 5) is 29.6. The van der Waals surface area contributed by atoms with Gasteiger partial charge < -0.3 is 5.32 Å². The molecule has 6 nitrogen and oxygen atoms in total. The number of hydrogen-bond acceptors (Lipinski definition) is 4. The second-order valence-corrected chi connectivity index (χ2v) is 7.81. The van der Waals surface area contributed by atoms with E-state index >= 15 is 0 Å². The number of pyridine rings is 1. The normalized spacial score (nSPS) is 11.1. The Morgan fingerprint density at radius 3 is 2.32 bits per heavy atom. The Morgan fingerprint density at radius 2 is 1.65 bits per heavy atom. The van der Waals surface area contributed by atoms with Gasteiger partial charge >= 0.3 is 0 Å². The van der Waals surface area contributed by atoms with Crippen molar-refractivity contribution >= 4 is 22.4 Å². The first-order chi connectivity index (χ1) is 15.0. The Labute approximate surface area is 180 Å². The maximum Gasteiger partial charge on any atom is 0.275 e. The number of rotatable bonds is 6. The van der Waals surface area contributed by atoms with E-state index in [2.05, 4.69) is 29.2 Å². The SMILES string of the molecule is CC(C)c1ccc(NC(=O)Cn2nc(Cc3ccncc3)c3ccccc3c2=O)cc1. The summed E-state index contributed by atoms with van der Waals surface area (Å²) in [5, 5.41) is 8.74. The van der Waals surface area contributed by atoms with E-state index < -0.39 is 0 Å². The van der Waals surface area contributed by atoms with Crippen LogP contribution in [0.15, 0.2) is 77.9 Å². The number of anilines is 1. The molecule has 2 aromatic carbocycles. The molecular weight excluding hydrogens is 388 g/mol. The van der Waals surface area contributed by atoms with E-state index in [-0.39, 0.29) is 18.0 Å². The number of nitrogens with one attached hydrogen (secondary N) is 1. The maximum absolute atomic E-state index is 13.0. The number of carbonyl (C=O) groups is 1. The molecule has 6 heteroatoms. The molecule has 31 heavy (non-hydrogen) atoms. The quantitative estimate of drug-likeness (QED) is 0.516. The molecule has 0 fully saturated rings. The standard InChI is InChI=1S/C25H24N4O2/c1-17(2)19-7-9-20(10-8-19)27-24(30)16-29-25(31)22-6-4-3-5-21(22)23(28-29)15-18-11-13-26-14-12-18/h3-14,17H,15-16H2,1-2H3,(H,27,30). The minimum Gasteiger partial charge on any atom is -0.324 e. The lowest BCUT2D eigenvalue weighted by Gasteiger charge is -2.12. The van der Waals surface area contributed by atoms with E-state index in [1.165, 1.54) is 10.2 Å². The average Bonchev–Trinajstić information content (AvgIpc) is 2.78. The smallest absolute Gasteiger partial charge is 0.275 e. The molecule has 0 aliphatic rings. The molecule has 0 aliphatic heterocycles. The minimum absolute atomic E-state index is 0.154. The van der Waals surface area contributed by atoms with Gasteiger partial charge in [0.1, 0.15) is 6.54 Å². The zero-order valence-corrected chi connectivity index (χ0v) is 17.6. The van der Waals surface area contributed by atoms with Gasteiger partial charge in [-0.05, 0) is 47.4 Å². The molecule has 0 saturated carbocycles. The molecule has 0 spiro atoms. The summed E-state index contributed by atoms with van der Waals surface area (Å²) in [7, 11) is 0. The second-order valence-electron chi connectivity index (χ2n) is 7.81. The van der Waals surface area contributed by atoms with Crippen molar-refractivity contribution in [2.75, 3.05) is 5.32 Å². The zero-order valence-electron chi connectivity index (χ0n) is 17.6. The molecule has 1 N–H and O–H groups in total. The summed E-state index contributed by atoms with van der Waals surface area (Å²) in [6.07, 6.45) is 4.00. The van der Waals surface area contributed by atoms with Crippen molar-refractivity contribution < 1.29 is 4.79 Å². The summed E-state index contributed by atoms with van der Waals surface area (Å²) >= 11 is 0. The Morgan fingerprint density at radius 1 is 0.968 bits per heavy atom. The van der Waals surface area contributed by atoms with Crippen LogP contribution in [0.3, 0.4) is 0 Å². The summed E-state index contributed by atoms with van der Waals surface area (Å²) in [5.41, 5.74) is 3.40. The van der Waals surface area contributed by atoms with Gasteiger partial charge in [-0.2, -0.15) is 5.10 Å². The predicted octanol–water partition coefficient (Wildman–Crippen LogP) is 4.14. The van der Waals surface area contributed by atoms with Gasteiger partial charge in [0.2, 0.25) is 5.91 Å². The summed E-state index contributed by atoms with van der Waals surface area (Å²) in [6, 6.07) is 18.9. The summed E-state index contributed by atoms with van der Waals surface area (Å²) < 4.78 is 1.25. The van der Waals surface area contributed by atoms with Crippen LogP contribution in [0, 0.1) is 0 Å². The molecule has 0 bridgehead atoms. The van der Waals surface area contributed by atoms with E-state index in [0.717, 1.165) is 16.6 Å². The lowest BCUT2D eigenvalue weighted by molar-refractivity contribution is -0.117. The van der Waals surface area contributed by atoms with Crippen LogP contribution < -0.4 is 10.9 Å². The highest BCUT2D eigenvalue weighted by molar-refractivity contribution is 5.91. The fraction of sp³-hybridized carbons (Fsp3) is 0.200. The van der Waals surface area contributed by atoms with E-state index in [0.29, 0.717) is 23.4 Å². The first-order valence-electron chi connectivity index (χ1n) is 10.3. The Hall–Kier alpha value is -3.80. The molecule has 0 aliphatic carbocycles. The van der Waals surface area contributed by atoms with Gasteiger partial charge in [0, 0.05) is 29.9 Å². The average molecular weight is 412 g/mol. The van der Waals surface area contributed by atoms with Crippen LogP contribution in [0.1, 0.15) is 36.6 Å². The van der Waals surface area contributed by atoms with Crippen molar-refractivity contribution in [3.05, 3.63) is 100 Å². The molecule has 1 amide bonds. The van der Waals surface area contributed by atoms with Crippen LogP contribution in [-0.4, -0.2) is 20.7 Å². The van der Waals surface area contributed by atoms with Crippen LogP contribution in [-0.2, 0) is 17.8 Å². The molecule has 2 heterocycles. The topological polar surface area (TPSA) is 76.9 Å². The number of amides is 1. The fourth-order valence-corrected chi connectivity index (χ4v) is 3.52. The van der Waals surface area contributed by atoms with Crippen molar-refractivity contribution in [3.63, 3.8) is 0 Å². The Kier molecular flexibility index (Phi) is 5.89. The number of nitrogens with zero attached hydrogens (tertiary/aromatic N) is 3. The molecule has 156 valence electrons. The third kappa shape index (κ3) is 4.69. The summed E-state index contributed by atoms with van der Waals surface area (Å²) in [5.74, 6) is 0.126. The van der Waals surface area contributed by atoms with E-state index in [4.69, 9.17) is 0 Å². The predicted molar refractivity (Wildman–Crippen MR) is 122 cm³/mol. The van der Waals surface area contributed by atoms with Gasteiger partial charge in [0.15, 0.2) is 0 Å². The molecule has 4 rings (SSSR count). The molecule has 0 atom stereocenters. The van der Waals surface area contributed by atoms with Gasteiger partial charge in [-0.3, -0.25) is 14.6 Å². The van der Waals surface area contributed by atoms with Crippen molar-refractivity contribution in [3.8, 4) is 0 Å². The third-order valence-electron chi connectivity index (χ3n) is 5.22. The van der Waals surface area contributed by atoms with Gasteiger partial charge in [0.05, 0.1) is 11.1 Å². The van der Waals surface area contributed by atoms with Gasteiger partial charge in [-0.25, -0.2) is 4.68 Å². The van der Waals surface area contributed by atoms with Gasteiger partial charge in [0.25, 0.3) is 5.56 Å². The van der Waals surface area contributed by atoms with Crippen LogP contribution in [0.25, 0.3) is 10.8 Å². The third-order valence-corrected chi connectivity index (χ3v) is 5.22. The number of benzene rings is 2. The Bertz CT molecular complexity index is 1260.